The van der Waals surface area contributed by atoms with Gasteiger partial charge in [0.25, 0.3) is 0 Å². The Morgan fingerprint density at radius 3 is 2.19 bits per heavy atom. The molecule has 2 aromatic carbocycles. The summed E-state index contributed by atoms with van der Waals surface area (Å²) in [7, 11) is 0. The molecule has 0 radical (unpaired) electrons. The zero-order chi connectivity index (χ0) is 15.1. The second-order valence-electron chi connectivity index (χ2n) is 4.54. The van der Waals surface area contributed by atoms with Crippen molar-refractivity contribution < 1.29 is 14.6 Å². The number of urea groups is 1. The van der Waals surface area contributed by atoms with Crippen molar-refractivity contribution in [1.82, 2.24) is 5.32 Å². The van der Waals surface area contributed by atoms with Crippen LogP contribution in [0.25, 0.3) is 0 Å². The Hall–Kier alpha value is -2.53. The minimum Gasteiger partial charge on any atom is -0.457 e. The maximum absolute atomic E-state index is 11.4. The second kappa shape index (κ2) is 7.31. The van der Waals surface area contributed by atoms with Crippen molar-refractivity contribution >= 4 is 11.7 Å². The van der Waals surface area contributed by atoms with Crippen molar-refractivity contribution in [3.8, 4) is 11.5 Å². The summed E-state index contributed by atoms with van der Waals surface area (Å²) in [6.07, 6.45) is 0. The molecule has 110 valence electrons. The first kappa shape index (κ1) is 14.9. The molecule has 0 aliphatic heterocycles. The number of carbonyl (C=O) groups is 1. The predicted molar refractivity (Wildman–Crippen MR) is 81.8 cm³/mol. The molecule has 0 fully saturated rings. The molecule has 3 N–H and O–H groups in total. The van der Waals surface area contributed by atoms with Gasteiger partial charge < -0.3 is 20.5 Å². The summed E-state index contributed by atoms with van der Waals surface area (Å²) in [5.41, 5.74) is 1.83. The molecule has 2 rings (SSSR count). The van der Waals surface area contributed by atoms with Crippen LogP contribution >= 0.6 is 0 Å². The molecule has 5 heteroatoms. The summed E-state index contributed by atoms with van der Waals surface area (Å²) in [5, 5.41) is 13.8. The normalized spacial score (nSPS) is 10.0. The van der Waals surface area contributed by atoms with Gasteiger partial charge in [-0.1, -0.05) is 17.7 Å². The van der Waals surface area contributed by atoms with Crippen LogP contribution < -0.4 is 15.4 Å². The fourth-order valence-electron chi connectivity index (χ4n) is 1.69. The number of anilines is 1. The van der Waals surface area contributed by atoms with Crippen LogP contribution in [0.5, 0.6) is 11.5 Å². The van der Waals surface area contributed by atoms with Crippen LogP contribution in [0.4, 0.5) is 10.5 Å². The van der Waals surface area contributed by atoms with Crippen LogP contribution in [0.1, 0.15) is 5.56 Å². The first-order chi connectivity index (χ1) is 10.2. The number of aliphatic hydroxyl groups is 1. The van der Waals surface area contributed by atoms with Crippen molar-refractivity contribution in [1.29, 1.82) is 0 Å². The number of aliphatic hydroxyl groups excluding tert-OH is 1. The lowest BCUT2D eigenvalue weighted by atomic mass is 10.2. The van der Waals surface area contributed by atoms with Crippen molar-refractivity contribution in [2.75, 3.05) is 18.5 Å². The molecule has 5 nitrogen and oxygen atoms in total. The summed E-state index contributed by atoms with van der Waals surface area (Å²) < 4.78 is 5.70. The number of aryl methyl sites for hydroxylation is 1. The van der Waals surface area contributed by atoms with Gasteiger partial charge in [0.2, 0.25) is 0 Å². The highest BCUT2D eigenvalue weighted by molar-refractivity contribution is 5.89. The number of hydrogen-bond acceptors (Lipinski definition) is 3. The molecule has 21 heavy (non-hydrogen) atoms. The zero-order valence-corrected chi connectivity index (χ0v) is 11.8. The lowest BCUT2D eigenvalue weighted by Gasteiger charge is -2.09. The van der Waals surface area contributed by atoms with Gasteiger partial charge in [-0.05, 0) is 43.3 Å². The van der Waals surface area contributed by atoms with E-state index in [9.17, 15) is 4.79 Å². The van der Waals surface area contributed by atoms with E-state index >= 15 is 0 Å². The summed E-state index contributed by atoms with van der Waals surface area (Å²) in [4.78, 5) is 11.4. The summed E-state index contributed by atoms with van der Waals surface area (Å²) in [6.45, 7) is 2.16. The molecule has 0 saturated heterocycles. The number of benzene rings is 2. The van der Waals surface area contributed by atoms with E-state index < -0.39 is 0 Å². The van der Waals surface area contributed by atoms with Crippen molar-refractivity contribution in [2.45, 2.75) is 6.92 Å². The van der Waals surface area contributed by atoms with Gasteiger partial charge in [-0.25, -0.2) is 4.79 Å². The van der Waals surface area contributed by atoms with E-state index in [-0.39, 0.29) is 19.2 Å². The summed E-state index contributed by atoms with van der Waals surface area (Å²) >= 11 is 0. The van der Waals surface area contributed by atoms with Gasteiger partial charge in [0, 0.05) is 12.2 Å². The third-order valence-corrected chi connectivity index (χ3v) is 2.77. The lowest BCUT2D eigenvalue weighted by Crippen LogP contribution is -2.30. The molecular formula is C16H18N2O3. The van der Waals surface area contributed by atoms with Gasteiger partial charge >= 0.3 is 6.03 Å². The molecule has 0 atom stereocenters. The van der Waals surface area contributed by atoms with Gasteiger partial charge in [0.05, 0.1) is 6.61 Å². The Labute approximate surface area is 123 Å². The van der Waals surface area contributed by atoms with Crippen molar-refractivity contribution in [3.63, 3.8) is 0 Å². The average molecular weight is 286 g/mol. The molecule has 0 aliphatic rings. The minimum absolute atomic E-state index is 0.0866. The monoisotopic (exact) mass is 286 g/mol. The average Bonchev–Trinajstić information content (AvgIpc) is 2.49. The highest BCUT2D eigenvalue weighted by Gasteiger charge is 2.01. The Kier molecular flexibility index (Phi) is 5.17. The topological polar surface area (TPSA) is 70.6 Å². The minimum atomic E-state index is -0.351. The van der Waals surface area contributed by atoms with Crippen LogP contribution in [-0.2, 0) is 0 Å². The van der Waals surface area contributed by atoms with Gasteiger partial charge in [0.1, 0.15) is 11.5 Å². The van der Waals surface area contributed by atoms with Gasteiger partial charge in [-0.3, -0.25) is 0 Å². The quantitative estimate of drug-likeness (QED) is 0.791. The number of hydrogen-bond donors (Lipinski definition) is 3. The van der Waals surface area contributed by atoms with E-state index in [1.165, 1.54) is 5.56 Å². The molecule has 0 heterocycles. The maximum atomic E-state index is 11.4. The number of ether oxygens (including phenoxy) is 1. The van der Waals surface area contributed by atoms with Crippen LogP contribution in [-0.4, -0.2) is 24.3 Å². The molecule has 0 aromatic heterocycles. The molecule has 2 amide bonds. The van der Waals surface area contributed by atoms with Gasteiger partial charge in [-0.2, -0.15) is 0 Å². The van der Waals surface area contributed by atoms with Crippen molar-refractivity contribution in [3.05, 3.63) is 54.1 Å². The number of rotatable bonds is 5. The largest absolute Gasteiger partial charge is 0.457 e. The number of nitrogens with one attached hydrogen (secondary N) is 2. The van der Waals surface area contributed by atoms with Gasteiger partial charge in [-0.15, -0.1) is 0 Å². The summed E-state index contributed by atoms with van der Waals surface area (Å²) in [6, 6.07) is 14.5. The Bertz CT molecular complexity index is 579. The number of amides is 2. The molecule has 2 aromatic rings. The lowest BCUT2D eigenvalue weighted by molar-refractivity contribution is 0.245. The maximum Gasteiger partial charge on any atom is 0.319 e. The van der Waals surface area contributed by atoms with Crippen LogP contribution in [0, 0.1) is 6.92 Å². The highest BCUT2D eigenvalue weighted by atomic mass is 16.5. The molecule has 0 spiro atoms. The first-order valence-corrected chi connectivity index (χ1v) is 6.67. The highest BCUT2D eigenvalue weighted by Crippen LogP contribution is 2.23. The Balaban J connectivity index is 1.92. The molecule has 0 unspecified atom stereocenters. The third kappa shape index (κ3) is 4.81. The van der Waals surface area contributed by atoms with E-state index in [1.807, 2.05) is 31.2 Å². The second-order valence-corrected chi connectivity index (χ2v) is 4.54. The molecule has 0 aliphatic carbocycles. The van der Waals surface area contributed by atoms with Crippen LogP contribution in [0.15, 0.2) is 48.5 Å². The van der Waals surface area contributed by atoms with Crippen LogP contribution in [0.3, 0.4) is 0 Å². The van der Waals surface area contributed by atoms with E-state index in [0.717, 1.165) is 5.75 Å². The van der Waals surface area contributed by atoms with E-state index in [0.29, 0.717) is 11.4 Å². The third-order valence-electron chi connectivity index (χ3n) is 2.77. The Morgan fingerprint density at radius 1 is 1.05 bits per heavy atom. The fourth-order valence-corrected chi connectivity index (χ4v) is 1.69. The predicted octanol–water partition coefficient (Wildman–Crippen LogP) is 2.90. The zero-order valence-electron chi connectivity index (χ0n) is 11.8. The Morgan fingerprint density at radius 2 is 1.62 bits per heavy atom. The van der Waals surface area contributed by atoms with E-state index in [4.69, 9.17) is 9.84 Å². The first-order valence-electron chi connectivity index (χ1n) is 6.67. The van der Waals surface area contributed by atoms with Crippen molar-refractivity contribution in [2.24, 2.45) is 0 Å². The van der Waals surface area contributed by atoms with Crippen LogP contribution in [0.2, 0.25) is 0 Å². The van der Waals surface area contributed by atoms with E-state index in [1.54, 1.807) is 24.3 Å². The smallest absolute Gasteiger partial charge is 0.319 e. The molecule has 0 bridgehead atoms. The fraction of sp³-hybridized carbons (Fsp3) is 0.188. The van der Waals surface area contributed by atoms with E-state index in [2.05, 4.69) is 10.6 Å². The molecule has 0 saturated carbocycles. The summed E-state index contributed by atoms with van der Waals surface area (Å²) in [5.74, 6) is 1.46. The number of carbonyl (C=O) groups excluding carboxylic acids is 1. The van der Waals surface area contributed by atoms with Gasteiger partial charge in [0.15, 0.2) is 0 Å². The SMILES string of the molecule is Cc1ccc(Oc2ccc(NC(=O)NCCO)cc2)cc1. The molecular weight excluding hydrogens is 268 g/mol. The standard InChI is InChI=1S/C16H18N2O3/c1-12-2-6-14(7-3-12)21-15-8-4-13(5-9-15)18-16(20)17-10-11-19/h2-9,19H,10-11H2,1H3,(H2,17,18,20).